The van der Waals surface area contributed by atoms with Crippen molar-refractivity contribution in [3.05, 3.63) is 66.3 Å². The van der Waals surface area contributed by atoms with Gasteiger partial charge in [-0.15, -0.1) is 0 Å². The number of likely N-dealkylation sites (N-methyl/N-ethyl adjacent to an activating group) is 2. The van der Waals surface area contributed by atoms with E-state index in [2.05, 4.69) is 10.6 Å². The standard InChI is InChI=1S/C59H91N7O11/c1-14-40(6)54(47(75-11)37-51(70)65-34-21-24-46(65)55(76-12)41(7)56(71)60-45(59(74)77-13)36-43-22-17-15-18-23-43)64(10)58(73)52(38(2)3)61-57(72)53(39(4)5)62(8)35-32-42-26-28-44(29-27-42)63(9)48(67)25-19-16-20-33-66-49(68)30-31-50(66)69/h15,17-18,22,26-31,38-41,43,45-47,52-55H,14,16,19-21,23-25,32-37H2,1-13H3,(H,60,71)(H,61,72)/t40-,41+,43?,45-,46-,47+,52-,53-,54-,55+/m0/s1. The molecule has 0 radical (unpaired) electrons. The van der Waals surface area contributed by atoms with Gasteiger partial charge in [-0.2, -0.15) is 0 Å². The summed E-state index contributed by atoms with van der Waals surface area (Å²) in [6, 6.07) is 4.56. The Bertz CT molecular complexity index is 2230. The lowest BCUT2D eigenvalue weighted by atomic mass is 9.89. The Hall–Kier alpha value is -5.72. The highest BCUT2D eigenvalue weighted by atomic mass is 16.5. The minimum Gasteiger partial charge on any atom is -0.467 e. The number of ether oxygens (including phenoxy) is 3. The number of benzene rings is 1. The van der Waals surface area contributed by atoms with Gasteiger partial charge >= 0.3 is 5.97 Å². The second-order valence-corrected chi connectivity index (χ2v) is 22.0. The molecule has 4 rings (SSSR count). The van der Waals surface area contributed by atoms with Crippen LogP contribution in [0.3, 0.4) is 0 Å². The SMILES string of the molecule is CC[C@H](C)[C@@H]([C@@H](CC(=O)N1CCC[C@H]1[C@H](OC)[C@@H](C)C(=O)N[C@@H](CC1C=CC=CC1)C(=O)OC)OC)N(C)C(=O)[C@@H](NC(=O)[C@H](C(C)C)N(C)CCc1ccc(N(C)C(=O)CCCCCN2C(=O)C=CC2=O)cc1)C(C)C. The Morgan fingerprint density at radius 1 is 0.818 bits per heavy atom. The van der Waals surface area contributed by atoms with Crippen LogP contribution in [0.15, 0.2) is 60.7 Å². The number of nitrogens with zero attached hydrogens (tertiary/aromatic N) is 5. The predicted octanol–water partition coefficient (Wildman–Crippen LogP) is 5.88. The third kappa shape index (κ3) is 17.6. The molecule has 18 nitrogen and oxygen atoms in total. The molecule has 1 fully saturated rings. The maximum atomic E-state index is 14.8. The quantitative estimate of drug-likeness (QED) is 0.0509. The summed E-state index contributed by atoms with van der Waals surface area (Å²) in [7, 11) is 9.75. The number of anilines is 1. The summed E-state index contributed by atoms with van der Waals surface area (Å²) >= 11 is 0. The fourth-order valence-corrected chi connectivity index (χ4v) is 11.1. The highest BCUT2D eigenvalue weighted by molar-refractivity contribution is 6.12. The van der Waals surface area contributed by atoms with Gasteiger partial charge in [0.2, 0.25) is 29.5 Å². The number of hydrogen-bond acceptors (Lipinski definition) is 12. The van der Waals surface area contributed by atoms with Crippen molar-refractivity contribution in [3.8, 4) is 0 Å². The number of esters is 1. The van der Waals surface area contributed by atoms with Crippen LogP contribution < -0.4 is 15.5 Å². The molecule has 10 atom stereocenters. The van der Waals surface area contributed by atoms with Gasteiger partial charge in [-0.1, -0.05) is 97.7 Å². The first-order valence-corrected chi connectivity index (χ1v) is 27.8. The number of hydrogen-bond donors (Lipinski definition) is 2. The van der Waals surface area contributed by atoms with E-state index in [9.17, 15) is 38.4 Å². The van der Waals surface area contributed by atoms with Gasteiger partial charge in [-0.05, 0) is 93.4 Å². The number of amides is 7. The third-order valence-electron chi connectivity index (χ3n) is 15.9. The van der Waals surface area contributed by atoms with Crippen molar-refractivity contribution in [1.82, 2.24) is 30.2 Å². The van der Waals surface area contributed by atoms with Crippen LogP contribution in [0.4, 0.5) is 5.69 Å². The van der Waals surface area contributed by atoms with Crippen molar-refractivity contribution in [2.24, 2.45) is 29.6 Å². The Balaban J connectivity index is 1.37. The van der Waals surface area contributed by atoms with E-state index in [1.807, 2.05) is 102 Å². The predicted molar refractivity (Wildman–Crippen MR) is 297 cm³/mol. The van der Waals surface area contributed by atoms with Gasteiger partial charge in [0.25, 0.3) is 11.8 Å². The number of allylic oxidation sites excluding steroid dienone is 4. The topological polar surface area (TPSA) is 205 Å². The van der Waals surface area contributed by atoms with Gasteiger partial charge < -0.3 is 39.5 Å². The monoisotopic (exact) mass is 1070 g/mol. The van der Waals surface area contributed by atoms with E-state index in [4.69, 9.17) is 14.2 Å². The van der Waals surface area contributed by atoms with Gasteiger partial charge in [0.15, 0.2) is 0 Å². The Morgan fingerprint density at radius 2 is 1.49 bits per heavy atom. The van der Waals surface area contributed by atoms with Gasteiger partial charge in [0.05, 0.1) is 49.8 Å². The molecule has 7 amide bonds. The molecule has 1 aromatic carbocycles. The summed E-state index contributed by atoms with van der Waals surface area (Å²) in [6.45, 7) is 14.9. The second-order valence-electron chi connectivity index (χ2n) is 22.0. The van der Waals surface area contributed by atoms with E-state index < -0.39 is 54.3 Å². The molecule has 1 aromatic rings. The van der Waals surface area contributed by atoms with Gasteiger partial charge in [-0.3, -0.25) is 43.4 Å². The Labute approximate surface area is 458 Å². The molecule has 0 aromatic heterocycles. The molecule has 428 valence electrons. The number of likely N-dealkylation sites (tertiary alicyclic amines) is 1. The van der Waals surface area contributed by atoms with Crippen LogP contribution >= 0.6 is 0 Å². The minimum atomic E-state index is -0.870. The van der Waals surface area contributed by atoms with Crippen molar-refractivity contribution in [1.29, 1.82) is 0 Å². The number of nitrogens with one attached hydrogen (secondary N) is 2. The molecule has 0 bridgehead atoms. The molecule has 0 saturated carbocycles. The van der Waals surface area contributed by atoms with E-state index in [1.54, 1.807) is 42.8 Å². The molecule has 1 aliphatic carbocycles. The number of unbranched alkanes of at least 4 members (excludes halogenated alkanes) is 2. The van der Waals surface area contributed by atoms with Crippen LogP contribution in [0.1, 0.15) is 118 Å². The first-order valence-electron chi connectivity index (χ1n) is 27.8. The van der Waals surface area contributed by atoms with Crippen molar-refractivity contribution in [2.45, 2.75) is 162 Å². The molecule has 1 unspecified atom stereocenters. The first kappa shape index (κ1) is 63.8. The van der Waals surface area contributed by atoms with E-state index in [0.29, 0.717) is 77.4 Å². The number of carbonyl (C=O) groups excluding carboxylic acids is 8. The average molecular weight is 1070 g/mol. The smallest absolute Gasteiger partial charge is 0.328 e. The molecule has 18 heteroatoms. The van der Waals surface area contributed by atoms with E-state index >= 15 is 0 Å². The maximum Gasteiger partial charge on any atom is 0.328 e. The number of carbonyl (C=O) groups is 8. The summed E-state index contributed by atoms with van der Waals surface area (Å²) in [5, 5.41) is 6.04. The number of imide groups is 1. The zero-order valence-corrected chi connectivity index (χ0v) is 48.3. The van der Waals surface area contributed by atoms with Crippen molar-refractivity contribution >= 4 is 53.0 Å². The van der Waals surface area contributed by atoms with E-state index in [1.165, 1.54) is 31.3 Å². The van der Waals surface area contributed by atoms with Crippen molar-refractivity contribution in [2.75, 3.05) is 67.0 Å². The van der Waals surface area contributed by atoms with Crippen LogP contribution in [0.25, 0.3) is 0 Å². The maximum absolute atomic E-state index is 14.8. The van der Waals surface area contributed by atoms with E-state index in [0.717, 1.165) is 17.7 Å². The van der Waals surface area contributed by atoms with Crippen molar-refractivity contribution < 1.29 is 52.6 Å². The van der Waals surface area contributed by atoms with Crippen molar-refractivity contribution in [3.63, 3.8) is 0 Å². The molecular weight excluding hydrogens is 983 g/mol. The molecule has 3 aliphatic rings. The fraction of sp³-hybridized carbons (Fsp3) is 0.661. The fourth-order valence-electron chi connectivity index (χ4n) is 11.1. The van der Waals surface area contributed by atoms with Crippen LogP contribution in [-0.4, -0.2) is 171 Å². The molecule has 77 heavy (non-hydrogen) atoms. The molecular formula is C59H91N7O11. The van der Waals surface area contributed by atoms with Crippen LogP contribution in [0, 0.1) is 29.6 Å². The Morgan fingerprint density at radius 3 is 2.06 bits per heavy atom. The minimum absolute atomic E-state index is 0.0279. The lowest BCUT2D eigenvalue weighted by Crippen LogP contribution is -2.60. The van der Waals surface area contributed by atoms with E-state index in [-0.39, 0.29) is 71.4 Å². The third-order valence-corrected chi connectivity index (χ3v) is 15.9. The number of rotatable bonds is 31. The highest BCUT2D eigenvalue weighted by Crippen LogP contribution is 2.30. The summed E-state index contributed by atoms with van der Waals surface area (Å²) in [6.07, 6.45) is 15.2. The molecule has 2 aliphatic heterocycles. The molecule has 1 saturated heterocycles. The number of methoxy groups -OCH3 is 3. The van der Waals surface area contributed by atoms with Gasteiger partial charge in [0.1, 0.15) is 12.1 Å². The second kappa shape index (κ2) is 31.0. The van der Waals surface area contributed by atoms with Gasteiger partial charge in [-0.25, -0.2) is 4.79 Å². The van der Waals surface area contributed by atoms with Crippen LogP contribution in [0.5, 0.6) is 0 Å². The zero-order valence-electron chi connectivity index (χ0n) is 48.3. The van der Waals surface area contributed by atoms with Gasteiger partial charge in [0, 0.05) is 72.2 Å². The van der Waals surface area contributed by atoms with Crippen LogP contribution in [-0.2, 0) is 59.0 Å². The summed E-state index contributed by atoms with van der Waals surface area (Å²) in [5.74, 6) is -3.36. The Kier molecular flexibility index (Phi) is 25.7. The highest BCUT2D eigenvalue weighted by Gasteiger charge is 2.44. The molecule has 0 spiro atoms. The first-order chi connectivity index (χ1) is 36.6. The normalized spacial score (nSPS) is 19.5. The molecule has 2 N–H and O–H groups in total. The zero-order chi connectivity index (χ0) is 57.1. The summed E-state index contributed by atoms with van der Waals surface area (Å²) in [5.41, 5.74) is 1.80. The van der Waals surface area contributed by atoms with Crippen LogP contribution in [0.2, 0.25) is 0 Å². The average Bonchev–Trinajstić information content (AvgIpc) is 4.03. The molecule has 2 heterocycles. The summed E-state index contributed by atoms with van der Waals surface area (Å²) in [4.78, 5) is 115. The summed E-state index contributed by atoms with van der Waals surface area (Å²) < 4.78 is 17.2. The lowest BCUT2D eigenvalue weighted by Gasteiger charge is -2.41. The lowest BCUT2D eigenvalue weighted by molar-refractivity contribution is -0.149. The largest absolute Gasteiger partial charge is 0.467 e.